The van der Waals surface area contributed by atoms with Crippen LogP contribution < -0.4 is 5.73 Å². The molecule has 2 amide bonds. The van der Waals surface area contributed by atoms with Crippen LogP contribution in [0.2, 0.25) is 0 Å². The molecule has 0 bridgehead atoms. The fraction of sp³-hybridized carbons (Fsp3) is 0.579. The van der Waals surface area contributed by atoms with Crippen LogP contribution in [-0.2, 0) is 9.59 Å². The van der Waals surface area contributed by atoms with Crippen LogP contribution in [0.3, 0.4) is 0 Å². The van der Waals surface area contributed by atoms with Gasteiger partial charge in [-0.2, -0.15) is 0 Å². The first-order chi connectivity index (χ1) is 11.4. The van der Waals surface area contributed by atoms with Gasteiger partial charge in [0.05, 0.1) is 12.0 Å². The first-order valence-corrected chi connectivity index (χ1v) is 8.77. The molecule has 2 aliphatic rings. The number of hydrogen-bond acceptors (Lipinski definition) is 3. The van der Waals surface area contributed by atoms with E-state index in [1.54, 1.807) is 0 Å². The Bertz CT molecular complexity index is 618. The highest BCUT2D eigenvalue weighted by atomic mass is 16.2. The molecule has 0 saturated carbocycles. The van der Waals surface area contributed by atoms with Gasteiger partial charge in [0.1, 0.15) is 0 Å². The Morgan fingerprint density at radius 1 is 1.38 bits per heavy atom. The summed E-state index contributed by atoms with van der Waals surface area (Å²) >= 11 is 0. The molecule has 2 saturated heterocycles. The minimum atomic E-state index is -0.219. The molecule has 5 heteroatoms. The van der Waals surface area contributed by atoms with Crippen molar-refractivity contribution in [3.63, 3.8) is 0 Å². The van der Waals surface area contributed by atoms with Gasteiger partial charge in [-0.25, -0.2) is 0 Å². The molecule has 2 aliphatic heterocycles. The van der Waals surface area contributed by atoms with E-state index in [9.17, 15) is 9.59 Å². The smallest absolute Gasteiger partial charge is 0.228 e. The quantitative estimate of drug-likeness (QED) is 0.916. The molecule has 0 aliphatic carbocycles. The molecule has 2 N–H and O–H groups in total. The average molecular weight is 329 g/mol. The van der Waals surface area contributed by atoms with E-state index in [1.807, 2.05) is 47.1 Å². The molecule has 3 unspecified atom stereocenters. The largest absolute Gasteiger partial charge is 0.342 e. The van der Waals surface area contributed by atoms with Crippen molar-refractivity contribution in [3.05, 3.63) is 35.9 Å². The van der Waals surface area contributed by atoms with Crippen molar-refractivity contribution in [1.82, 2.24) is 9.80 Å². The Kier molecular flexibility index (Phi) is 4.63. The molecule has 0 radical (unpaired) electrons. The first kappa shape index (κ1) is 17.0. The molecule has 2 fully saturated rings. The summed E-state index contributed by atoms with van der Waals surface area (Å²) in [5, 5.41) is 0. The van der Waals surface area contributed by atoms with Crippen LogP contribution in [0.5, 0.6) is 0 Å². The maximum atomic E-state index is 12.8. The van der Waals surface area contributed by atoms with Crippen LogP contribution in [0.25, 0.3) is 0 Å². The summed E-state index contributed by atoms with van der Waals surface area (Å²) < 4.78 is 0. The molecule has 0 aromatic heterocycles. The zero-order valence-electron chi connectivity index (χ0n) is 14.6. The van der Waals surface area contributed by atoms with Gasteiger partial charge >= 0.3 is 0 Å². The highest BCUT2D eigenvalue weighted by Crippen LogP contribution is 2.33. The lowest BCUT2D eigenvalue weighted by Gasteiger charge is -2.26. The maximum Gasteiger partial charge on any atom is 0.228 e. The predicted molar refractivity (Wildman–Crippen MR) is 93.0 cm³/mol. The number of likely N-dealkylation sites (tertiary alicyclic amines) is 2. The second-order valence-corrected chi connectivity index (χ2v) is 7.56. The Hall–Kier alpha value is -1.88. The third-order valence-corrected chi connectivity index (χ3v) is 5.62. The molecular weight excluding hydrogens is 302 g/mol. The summed E-state index contributed by atoms with van der Waals surface area (Å²) in [5.41, 5.74) is 6.96. The van der Waals surface area contributed by atoms with E-state index in [-0.39, 0.29) is 29.2 Å². The fourth-order valence-corrected chi connectivity index (χ4v) is 3.82. The zero-order valence-corrected chi connectivity index (χ0v) is 14.6. The van der Waals surface area contributed by atoms with E-state index >= 15 is 0 Å². The van der Waals surface area contributed by atoms with Crippen LogP contribution in [0.1, 0.15) is 38.3 Å². The number of hydrogen-bond donors (Lipinski definition) is 1. The van der Waals surface area contributed by atoms with Crippen molar-refractivity contribution >= 4 is 11.8 Å². The summed E-state index contributed by atoms with van der Waals surface area (Å²) in [5.74, 6) is -0.0300. The lowest BCUT2D eigenvalue weighted by Crippen LogP contribution is -2.38. The minimum absolute atomic E-state index is 0.00406. The number of rotatable bonds is 4. The van der Waals surface area contributed by atoms with Crippen molar-refractivity contribution in [3.8, 4) is 0 Å². The van der Waals surface area contributed by atoms with E-state index in [0.717, 1.165) is 18.5 Å². The number of benzene rings is 1. The van der Waals surface area contributed by atoms with Gasteiger partial charge in [0.25, 0.3) is 0 Å². The molecule has 24 heavy (non-hydrogen) atoms. The van der Waals surface area contributed by atoms with E-state index in [2.05, 4.69) is 6.92 Å². The molecule has 2 heterocycles. The highest BCUT2D eigenvalue weighted by Gasteiger charge is 2.42. The van der Waals surface area contributed by atoms with Crippen LogP contribution in [0.4, 0.5) is 0 Å². The Morgan fingerprint density at radius 3 is 2.71 bits per heavy atom. The third kappa shape index (κ3) is 3.18. The van der Waals surface area contributed by atoms with E-state index in [1.165, 1.54) is 0 Å². The summed E-state index contributed by atoms with van der Waals surface area (Å²) in [6.07, 6.45) is 1.27. The predicted octanol–water partition coefficient (Wildman–Crippen LogP) is 1.79. The monoisotopic (exact) mass is 329 g/mol. The van der Waals surface area contributed by atoms with Crippen LogP contribution in [0, 0.1) is 11.3 Å². The van der Waals surface area contributed by atoms with Crippen molar-refractivity contribution in [2.45, 2.75) is 32.7 Å². The molecule has 0 spiro atoms. The molecule has 1 aromatic rings. The Labute approximate surface area is 143 Å². The van der Waals surface area contributed by atoms with Gasteiger partial charge < -0.3 is 15.5 Å². The van der Waals surface area contributed by atoms with Gasteiger partial charge in [-0.3, -0.25) is 9.59 Å². The normalized spacial score (nSPS) is 28.5. The molecule has 1 aromatic carbocycles. The number of amides is 2. The van der Waals surface area contributed by atoms with Crippen molar-refractivity contribution < 1.29 is 9.59 Å². The van der Waals surface area contributed by atoms with Gasteiger partial charge in [-0.1, -0.05) is 37.3 Å². The molecule has 3 atom stereocenters. The number of nitrogens with zero attached hydrogens (tertiary/aromatic N) is 2. The van der Waals surface area contributed by atoms with Crippen LogP contribution in [-0.4, -0.2) is 47.8 Å². The minimum Gasteiger partial charge on any atom is -0.342 e. The van der Waals surface area contributed by atoms with Crippen LogP contribution >= 0.6 is 0 Å². The van der Waals surface area contributed by atoms with E-state index in [4.69, 9.17) is 5.73 Å². The van der Waals surface area contributed by atoms with Crippen molar-refractivity contribution in [1.29, 1.82) is 0 Å². The molecular formula is C19H27N3O2. The SMILES string of the molecule is CC(c1ccccc1)N1CC(C(=O)N2CCC(C)(CN)C2)CC1=O. The van der Waals surface area contributed by atoms with Gasteiger partial charge in [0, 0.05) is 26.1 Å². The van der Waals surface area contributed by atoms with E-state index < -0.39 is 0 Å². The standard InChI is InChI=1S/C19H27N3O2/c1-14(15-6-4-3-5-7-15)22-11-16(10-17(22)23)18(24)21-9-8-19(2,12-20)13-21/h3-7,14,16H,8-13,20H2,1-2H3. The van der Waals surface area contributed by atoms with Gasteiger partial charge in [0.15, 0.2) is 0 Å². The molecule has 3 rings (SSSR count). The molecule has 130 valence electrons. The highest BCUT2D eigenvalue weighted by molar-refractivity contribution is 5.89. The Morgan fingerprint density at radius 2 is 2.08 bits per heavy atom. The van der Waals surface area contributed by atoms with Gasteiger partial charge in [0.2, 0.25) is 11.8 Å². The van der Waals surface area contributed by atoms with Gasteiger partial charge in [-0.15, -0.1) is 0 Å². The molecule has 5 nitrogen and oxygen atoms in total. The van der Waals surface area contributed by atoms with E-state index in [0.29, 0.717) is 26.1 Å². The summed E-state index contributed by atoms with van der Waals surface area (Å²) in [4.78, 5) is 29.0. The third-order valence-electron chi connectivity index (χ3n) is 5.62. The summed E-state index contributed by atoms with van der Waals surface area (Å²) in [6.45, 7) is 6.74. The van der Waals surface area contributed by atoms with Crippen molar-refractivity contribution in [2.75, 3.05) is 26.2 Å². The number of carbonyl (C=O) groups excluding carboxylic acids is 2. The average Bonchev–Trinajstić information content (AvgIpc) is 3.18. The second kappa shape index (κ2) is 6.55. The fourth-order valence-electron chi connectivity index (χ4n) is 3.82. The van der Waals surface area contributed by atoms with Crippen LogP contribution in [0.15, 0.2) is 30.3 Å². The first-order valence-electron chi connectivity index (χ1n) is 8.77. The Balaban J connectivity index is 1.66. The van der Waals surface area contributed by atoms with Crippen molar-refractivity contribution in [2.24, 2.45) is 17.1 Å². The zero-order chi connectivity index (χ0) is 17.3. The lowest BCUT2D eigenvalue weighted by molar-refractivity contribution is -0.135. The van der Waals surface area contributed by atoms with Gasteiger partial charge in [-0.05, 0) is 30.9 Å². The summed E-state index contributed by atoms with van der Waals surface area (Å²) in [7, 11) is 0. The summed E-state index contributed by atoms with van der Waals surface area (Å²) in [6, 6.07) is 9.99. The number of nitrogens with two attached hydrogens (primary N) is 1. The topological polar surface area (TPSA) is 66.6 Å². The number of carbonyl (C=O) groups is 2. The lowest BCUT2D eigenvalue weighted by atomic mass is 9.90. The second-order valence-electron chi connectivity index (χ2n) is 7.56. The maximum absolute atomic E-state index is 12.8.